The molecule has 1 atom stereocenters. The Bertz CT molecular complexity index is 974. The van der Waals surface area contributed by atoms with Crippen molar-refractivity contribution >= 4 is 5.95 Å². The first kappa shape index (κ1) is 18.3. The number of hydrogen-bond acceptors (Lipinski definition) is 6. The minimum Gasteiger partial charge on any atom is -0.340 e. The molecule has 0 radical (unpaired) electrons. The lowest BCUT2D eigenvalue weighted by Crippen LogP contribution is -2.36. The van der Waals surface area contributed by atoms with E-state index in [1.165, 1.54) is 12.1 Å². The summed E-state index contributed by atoms with van der Waals surface area (Å²) in [4.78, 5) is 13.6. The third kappa shape index (κ3) is 3.80. The summed E-state index contributed by atoms with van der Waals surface area (Å²) in [5.74, 6) is 0.0540. The van der Waals surface area contributed by atoms with Crippen LogP contribution in [0.2, 0.25) is 0 Å². The predicted molar refractivity (Wildman–Crippen MR) is 90.9 cm³/mol. The molecule has 1 unspecified atom stereocenters. The second-order valence-corrected chi connectivity index (χ2v) is 6.49. The highest BCUT2D eigenvalue weighted by Gasteiger charge is 2.34. The third-order valence-corrected chi connectivity index (χ3v) is 4.51. The number of alkyl halides is 3. The van der Waals surface area contributed by atoms with E-state index in [1.54, 1.807) is 17.0 Å². The van der Waals surface area contributed by atoms with E-state index in [4.69, 9.17) is 4.52 Å². The van der Waals surface area contributed by atoms with Crippen molar-refractivity contribution in [3.05, 3.63) is 53.9 Å². The summed E-state index contributed by atoms with van der Waals surface area (Å²) in [6, 6.07) is 6.68. The van der Waals surface area contributed by atoms with Crippen LogP contribution in [0.4, 0.5) is 23.5 Å². The second-order valence-electron chi connectivity index (χ2n) is 6.49. The molecule has 4 rings (SSSR count). The van der Waals surface area contributed by atoms with Gasteiger partial charge in [0.05, 0.1) is 5.92 Å². The summed E-state index contributed by atoms with van der Waals surface area (Å²) >= 11 is 0. The lowest BCUT2D eigenvalue weighted by Gasteiger charge is -2.31. The van der Waals surface area contributed by atoms with Gasteiger partial charge in [-0.1, -0.05) is 17.3 Å². The first-order valence-corrected chi connectivity index (χ1v) is 8.65. The first-order valence-electron chi connectivity index (χ1n) is 8.65. The normalized spacial score (nSPS) is 17.7. The van der Waals surface area contributed by atoms with Crippen LogP contribution >= 0.6 is 0 Å². The van der Waals surface area contributed by atoms with E-state index in [0.29, 0.717) is 31.0 Å². The quantitative estimate of drug-likeness (QED) is 0.625. The molecule has 1 aliphatic heterocycles. The van der Waals surface area contributed by atoms with Crippen LogP contribution in [0.25, 0.3) is 11.4 Å². The van der Waals surface area contributed by atoms with Crippen molar-refractivity contribution in [3.63, 3.8) is 0 Å². The van der Waals surface area contributed by atoms with Crippen molar-refractivity contribution < 1.29 is 22.1 Å². The monoisotopic (exact) mass is 393 g/mol. The summed E-state index contributed by atoms with van der Waals surface area (Å²) in [6.07, 6.45) is -1.98. The number of benzene rings is 1. The van der Waals surface area contributed by atoms with Gasteiger partial charge in [-0.2, -0.15) is 18.2 Å². The Morgan fingerprint density at radius 1 is 1.14 bits per heavy atom. The van der Waals surface area contributed by atoms with Gasteiger partial charge in [0.1, 0.15) is 11.5 Å². The molecule has 1 aromatic carbocycles. The van der Waals surface area contributed by atoms with Gasteiger partial charge in [-0.25, -0.2) is 14.4 Å². The number of rotatable bonds is 3. The Balaban J connectivity index is 1.53. The third-order valence-electron chi connectivity index (χ3n) is 4.51. The van der Waals surface area contributed by atoms with Crippen LogP contribution in [0.5, 0.6) is 0 Å². The first-order chi connectivity index (χ1) is 13.4. The largest absolute Gasteiger partial charge is 0.433 e. The van der Waals surface area contributed by atoms with Gasteiger partial charge < -0.3 is 9.42 Å². The zero-order valence-electron chi connectivity index (χ0n) is 14.5. The maximum atomic E-state index is 13.4. The van der Waals surface area contributed by atoms with Gasteiger partial charge >= 0.3 is 6.18 Å². The Hall–Kier alpha value is -3.04. The van der Waals surface area contributed by atoms with Crippen molar-refractivity contribution in [1.29, 1.82) is 0 Å². The number of nitrogens with zero attached hydrogens (tertiary/aromatic N) is 5. The molecule has 2 aromatic heterocycles. The van der Waals surface area contributed by atoms with E-state index in [-0.39, 0.29) is 17.7 Å². The Morgan fingerprint density at radius 3 is 2.79 bits per heavy atom. The highest BCUT2D eigenvalue weighted by atomic mass is 19.4. The second kappa shape index (κ2) is 7.17. The number of anilines is 1. The Morgan fingerprint density at radius 2 is 2.00 bits per heavy atom. The maximum Gasteiger partial charge on any atom is 0.433 e. The van der Waals surface area contributed by atoms with Crippen molar-refractivity contribution in [2.45, 2.75) is 24.9 Å². The van der Waals surface area contributed by atoms with E-state index in [1.807, 2.05) is 0 Å². The molecular formula is C18H15F4N5O. The van der Waals surface area contributed by atoms with Crippen LogP contribution in [0.1, 0.15) is 30.3 Å². The molecule has 0 saturated carbocycles. The van der Waals surface area contributed by atoms with E-state index in [2.05, 4.69) is 20.1 Å². The van der Waals surface area contributed by atoms with E-state index >= 15 is 0 Å². The van der Waals surface area contributed by atoms with E-state index in [9.17, 15) is 17.6 Å². The molecule has 3 heterocycles. The van der Waals surface area contributed by atoms with Gasteiger partial charge in [-0.05, 0) is 31.0 Å². The number of halogens is 4. The molecule has 0 amide bonds. The summed E-state index contributed by atoms with van der Waals surface area (Å²) in [7, 11) is 0. The van der Waals surface area contributed by atoms with Crippen LogP contribution in [0.3, 0.4) is 0 Å². The van der Waals surface area contributed by atoms with Gasteiger partial charge in [-0.15, -0.1) is 0 Å². The van der Waals surface area contributed by atoms with Crippen molar-refractivity contribution in [3.8, 4) is 11.4 Å². The highest BCUT2D eigenvalue weighted by molar-refractivity contribution is 5.54. The Labute approximate surface area is 157 Å². The lowest BCUT2D eigenvalue weighted by atomic mass is 9.98. The molecule has 0 aliphatic carbocycles. The van der Waals surface area contributed by atoms with Gasteiger partial charge in [0.2, 0.25) is 17.7 Å². The molecule has 6 nitrogen and oxygen atoms in total. The molecule has 1 saturated heterocycles. The van der Waals surface area contributed by atoms with Gasteiger partial charge in [0.25, 0.3) is 0 Å². The fourth-order valence-electron chi connectivity index (χ4n) is 3.16. The molecular weight excluding hydrogens is 378 g/mol. The maximum absolute atomic E-state index is 13.4. The van der Waals surface area contributed by atoms with Gasteiger partial charge in [0.15, 0.2) is 0 Å². The van der Waals surface area contributed by atoms with Crippen molar-refractivity contribution in [1.82, 2.24) is 20.1 Å². The zero-order chi connectivity index (χ0) is 19.7. The van der Waals surface area contributed by atoms with Gasteiger partial charge in [-0.3, -0.25) is 0 Å². The molecule has 0 N–H and O–H groups in total. The molecule has 10 heteroatoms. The van der Waals surface area contributed by atoms with E-state index in [0.717, 1.165) is 18.7 Å². The molecule has 0 bridgehead atoms. The predicted octanol–water partition coefficient (Wildman–Crippen LogP) is 4.07. The van der Waals surface area contributed by atoms with Crippen LogP contribution < -0.4 is 4.90 Å². The minimum atomic E-state index is -4.53. The van der Waals surface area contributed by atoms with Crippen molar-refractivity contribution in [2.24, 2.45) is 0 Å². The number of hydrogen-bond donors (Lipinski definition) is 0. The molecule has 0 spiro atoms. The summed E-state index contributed by atoms with van der Waals surface area (Å²) in [5, 5.41) is 3.90. The fourth-order valence-corrected chi connectivity index (χ4v) is 3.16. The molecule has 1 aliphatic rings. The van der Waals surface area contributed by atoms with Crippen LogP contribution in [-0.4, -0.2) is 33.2 Å². The SMILES string of the molecule is Fc1cccc(-c2noc(C3CCCN(c4nccc(C(F)(F)F)n4)C3)n2)c1. The average Bonchev–Trinajstić information content (AvgIpc) is 3.18. The molecule has 146 valence electrons. The summed E-state index contributed by atoms with van der Waals surface area (Å²) in [6.45, 7) is 0.884. The number of piperidine rings is 1. The van der Waals surface area contributed by atoms with Crippen molar-refractivity contribution in [2.75, 3.05) is 18.0 Å². The standard InChI is InChI=1S/C18H15F4N5O/c19-13-5-1-3-11(9-13)15-25-16(28-26-15)12-4-2-8-27(10-12)17-23-7-6-14(24-17)18(20,21)22/h1,3,5-7,9,12H,2,4,8,10H2. The van der Waals surface area contributed by atoms with E-state index < -0.39 is 17.7 Å². The van der Waals surface area contributed by atoms with Crippen LogP contribution in [0, 0.1) is 5.82 Å². The minimum absolute atomic E-state index is 0.0180. The fraction of sp³-hybridized carbons (Fsp3) is 0.333. The number of aromatic nitrogens is 4. The smallest absolute Gasteiger partial charge is 0.340 e. The van der Waals surface area contributed by atoms with Gasteiger partial charge in [0, 0.05) is 24.8 Å². The Kier molecular flexibility index (Phi) is 4.70. The topological polar surface area (TPSA) is 67.9 Å². The highest BCUT2D eigenvalue weighted by Crippen LogP contribution is 2.31. The lowest BCUT2D eigenvalue weighted by molar-refractivity contribution is -0.141. The van der Waals surface area contributed by atoms with Crippen LogP contribution in [0.15, 0.2) is 41.1 Å². The summed E-state index contributed by atoms with van der Waals surface area (Å²) in [5.41, 5.74) is -0.491. The van der Waals surface area contributed by atoms with Crippen LogP contribution in [-0.2, 0) is 6.18 Å². The average molecular weight is 393 g/mol. The molecule has 1 fully saturated rings. The zero-order valence-corrected chi connectivity index (χ0v) is 14.5. The molecule has 3 aromatic rings. The summed E-state index contributed by atoms with van der Waals surface area (Å²) < 4.78 is 57.4. The molecule has 28 heavy (non-hydrogen) atoms.